The Morgan fingerprint density at radius 3 is 2.38 bits per heavy atom. The van der Waals surface area contributed by atoms with Gasteiger partial charge in [-0.25, -0.2) is 0 Å². The topological polar surface area (TPSA) is 32.3 Å². The fraction of sp³-hybridized carbons (Fsp3) is 0.571. The number of hydrogen-bond acceptors (Lipinski definition) is 2. The van der Waals surface area contributed by atoms with Gasteiger partial charge in [-0.05, 0) is 37.8 Å². The Labute approximate surface area is 98.7 Å². The van der Waals surface area contributed by atoms with E-state index >= 15 is 0 Å². The summed E-state index contributed by atoms with van der Waals surface area (Å²) in [7, 11) is 0. The number of aliphatic hydroxyl groups excluding tert-OH is 1. The second kappa shape index (κ2) is 5.90. The van der Waals surface area contributed by atoms with Crippen molar-refractivity contribution in [3.05, 3.63) is 30.3 Å². The van der Waals surface area contributed by atoms with Gasteiger partial charge in [0.25, 0.3) is 0 Å². The summed E-state index contributed by atoms with van der Waals surface area (Å²) in [6.45, 7) is 6.65. The molecule has 2 nitrogen and oxygen atoms in total. The minimum Gasteiger partial charge on any atom is -0.394 e. The summed E-state index contributed by atoms with van der Waals surface area (Å²) < 4.78 is 0. The summed E-state index contributed by atoms with van der Waals surface area (Å²) in [5.74, 6) is 0.670. The first-order valence-corrected chi connectivity index (χ1v) is 6.00. The first-order chi connectivity index (χ1) is 7.56. The molecule has 0 amide bonds. The van der Waals surface area contributed by atoms with Crippen LogP contribution in [0.5, 0.6) is 0 Å². The molecule has 0 saturated carbocycles. The highest BCUT2D eigenvalue weighted by Gasteiger charge is 2.22. The third kappa shape index (κ3) is 4.23. The van der Waals surface area contributed by atoms with Gasteiger partial charge in [0.1, 0.15) is 0 Å². The molecular formula is C14H23NO. The molecule has 0 heterocycles. The third-order valence-corrected chi connectivity index (χ3v) is 2.84. The van der Waals surface area contributed by atoms with E-state index in [-0.39, 0.29) is 12.1 Å². The monoisotopic (exact) mass is 221 g/mol. The maximum Gasteiger partial charge on any atom is 0.0658 e. The molecule has 0 saturated heterocycles. The molecule has 1 rings (SSSR count). The Hall–Kier alpha value is -1.02. The van der Waals surface area contributed by atoms with Crippen molar-refractivity contribution >= 4 is 5.69 Å². The molecule has 0 aliphatic rings. The Balaban J connectivity index is 2.59. The first kappa shape index (κ1) is 13.0. The van der Waals surface area contributed by atoms with Crippen LogP contribution in [0.1, 0.15) is 33.6 Å². The van der Waals surface area contributed by atoms with Crippen molar-refractivity contribution in [1.82, 2.24) is 0 Å². The Morgan fingerprint density at radius 2 is 1.88 bits per heavy atom. The van der Waals surface area contributed by atoms with Gasteiger partial charge in [0, 0.05) is 5.69 Å². The third-order valence-electron chi connectivity index (χ3n) is 2.84. The van der Waals surface area contributed by atoms with Gasteiger partial charge in [-0.2, -0.15) is 0 Å². The highest BCUT2D eigenvalue weighted by molar-refractivity contribution is 5.44. The summed E-state index contributed by atoms with van der Waals surface area (Å²) in [4.78, 5) is 0. The molecule has 1 unspecified atom stereocenters. The maximum atomic E-state index is 9.50. The number of rotatable bonds is 6. The van der Waals surface area contributed by atoms with Crippen LogP contribution in [0.4, 0.5) is 5.69 Å². The molecule has 0 radical (unpaired) electrons. The van der Waals surface area contributed by atoms with Crippen molar-refractivity contribution in [3.8, 4) is 0 Å². The van der Waals surface area contributed by atoms with Gasteiger partial charge in [0.05, 0.1) is 12.1 Å². The van der Waals surface area contributed by atoms with Crippen LogP contribution in [0.2, 0.25) is 0 Å². The molecule has 0 bridgehead atoms. The van der Waals surface area contributed by atoms with Crippen LogP contribution in [0, 0.1) is 5.92 Å². The smallest absolute Gasteiger partial charge is 0.0658 e. The van der Waals surface area contributed by atoms with E-state index in [1.807, 2.05) is 30.3 Å². The lowest BCUT2D eigenvalue weighted by molar-refractivity contribution is 0.208. The molecule has 0 aliphatic carbocycles. The molecule has 90 valence electrons. The average Bonchev–Trinajstić information content (AvgIpc) is 2.28. The minimum absolute atomic E-state index is 0.161. The van der Waals surface area contributed by atoms with E-state index in [4.69, 9.17) is 0 Å². The molecule has 0 fully saturated rings. The molecule has 0 spiro atoms. The number of aliphatic hydroxyl groups is 1. The Morgan fingerprint density at radius 1 is 1.25 bits per heavy atom. The Kier molecular flexibility index (Phi) is 4.81. The first-order valence-electron chi connectivity index (χ1n) is 6.00. The highest BCUT2D eigenvalue weighted by Crippen LogP contribution is 2.21. The number of anilines is 1. The van der Waals surface area contributed by atoms with Gasteiger partial charge in [0.15, 0.2) is 0 Å². The van der Waals surface area contributed by atoms with Crippen LogP contribution >= 0.6 is 0 Å². The van der Waals surface area contributed by atoms with Gasteiger partial charge < -0.3 is 10.4 Å². The van der Waals surface area contributed by atoms with E-state index in [1.54, 1.807) is 0 Å². The van der Waals surface area contributed by atoms with Crippen LogP contribution in [-0.2, 0) is 0 Å². The molecule has 0 aliphatic heterocycles. The van der Waals surface area contributed by atoms with Crippen molar-refractivity contribution in [2.24, 2.45) is 5.92 Å². The summed E-state index contributed by atoms with van der Waals surface area (Å²) in [6, 6.07) is 10.1. The maximum absolute atomic E-state index is 9.50. The standard InChI is InChI=1S/C14H23NO/c1-12(2)9-10-14(3,11-16)15-13-7-5-4-6-8-13/h4-8,12,15-16H,9-11H2,1-3H3. The van der Waals surface area contributed by atoms with E-state index in [0.29, 0.717) is 5.92 Å². The van der Waals surface area contributed by atoms with E-state index in [9.17, 15) is 5.11 Å². The van der Waals surface area contributed by atoms with Gasteiger partial charge in [-0.1, -0.05) is 32.0 Å². The molecule has 16 heavy (non-hydrogen) atoms. The van der Waals surface area contributed by atoms with Crippen LogP contribution in [0.3, 0.4) is 0 Å². The van der Waals surface area contributed by atoms with Gasteiger partial charge >= 0.3 is 0 Å². The largest absolute Gasteiger partial charge is 0.394 e. The van der Waals surface area contributed by atoms with Crippen LogP contribution in [0.25, 0.3) is 0 Å². The lowest BCUT2D eigenvalue weighted by Gasteiger charge is -2.30. The predicted molar refractivity (Wildman–Crippen MR) is 69.6 cm³/mol. The summed E-state index contributed by atoms with van der Waals surface area (Å²) in [6.07, 6.45) is 2.10. The lowest BCUT2D eigenvalue weighted by atomic mass is 9.92. The average molecular weight is 221 g/mol. The highest BCUT2D eigenvalue weighted by atomic mass is 16.3. The summed E-state index contributed by atoms with van der Waals surface area (Å²) in [5.41, 5.74) is 0.855. The fourth-order valence-corrected chi connectivity index (χ4v) is 1.66. The number of hydrogen-bond donors (Lipinski definition) is 2. The quantitative estimate of drug-likeness (QED) is 0.772. The minimum atomic E-state index is -0.217. The fourth-order valence-electron chi connectivity index (χ4n) is 1.66. The molecule has 1 atom stereocenters. The molecule has 0 aromatic heterocycles. The second-order valence-corrected chi connectivity index (χ2v) is 5.14. The van der Waals surface area contributed by atoms with E-state index in [2.05, 4.69) is 26.1 Å². The summed E-state index contributed by atoms with van der Waals surface area (Å²) in [5, 5.41) is 12.9. The second-order valence-electron chi connectivity index (χ2n) is 5.14. The van der Waals surface area contributed by atoms with E-state index in [1.165, 1.54) is 0 Å². The van der Waals surface area contributed by atoms with E-state index in [0.717, 1.165) is 18.5 Å². The van der Waals surface area contributed by atoms with E-state index < -0.39 is 0 Å². The van der Waals surface area contributed by atoms with Crippen molar-refractivity contribution < 1.29 is 5.11 Å². The zero-order valence-electron chi connectivity index (χ0n) is 10.5. The number of para-hydroxylation sites is 1. The van der Waals surface area contributed by atoms with Crippen molar-refractivity contribution in [3.63, 3.8) is 0 Å². The molecular weight excluding hydrogens is 198 g/mol. The zero-order valence-corrected chi connectivity index (χ0v) is 10.5. The van der Waals surface area contributed by atoms with Gasteiger partial charge in [-0.15, -0.1) is 0 Å². The molecule has 1 aromatic rings. The van der Waals surface area contributed by atoms with Crippen LogP contribution < -0.4 is 5.32 Å². The molecule has 2 N–H and O–H groups in total. The van der Waals surface area contributed by atoms with Gasteiger partial charge in [0.2, 0.25) is 0 Å². The summed E-state index contributed by atoms with van der Waals surface area (Å²) >= 11 is 0. The molecule has 1 aromatic carbocycles. The SMILES string of the molecule is CC(C)CCC(C)(CO)Nc1ccccc1. The zero-order chi connectivity index (χ0) is 12.0. The van der Waals surface area contributed by atoms with Gasteiger partial charge in [-0.3, -0.25) is 0 Å². The van der Waals surface area contributed by atoms with Crippen molar-refractivity contribution in [2.75, 3.05) is 11.9 Å². The lowest BCUT2D eigenvalue weighted by Crippen LogP contribution is -2.39. The van der Waals surface area contributed by atoms with Crippen molar-refractivity contribution in [2.45, 2.75) is 39.2 Å². The van der Waals surface area contributed by atoms with Crippen molar-refractivity contribution in [1.29, 1.82) is 0 Å². The Bertz CT molecular complexity index is 297. The van der Waals surface area contributed by atoms with Crippen LogP contribution in [0.15, 0.2) is 30.3 Å². The predicted octanol–water partition coefficient (Wildman–Crippen LogP) is 3.29. The number of nitrogens with one attached hydrogen (secondary N) is 1. The van der Waals surface area contributed by atoms with Crippen LogP contribution in [-0.4, -0.2) is 17.3 Å². The normalized spacial score (nSPS) is 14.8. The molecule has 2 heteroatoms. The number of benzene rings is 1.